The third-order valence-electron chi connectivity index (χ3n) is 5.63. The van der Waals surface area contributed by atoms with E-state index in [0.717, 1.165) is 18.4 Å². The first-order chi connectivity index (χ1) is 13.1. The van der Waals surface area contributed by atoms with Crippen LogP contribution < -0.4 is 15.4 Å². The summed E-state index contributed by atoms with van der Waals surface area (Å²) in [5, 5.41) is 5.69. The summed E-state index contributed by atoms with van der Waals surface area (Å²) in [6.45, 7) is 5.12. The molecule has 0 radical (unpaired) electrons. The number of benzene rings is 1. The van der Waals surface area contributed by atoms with Gasteiger partial charge in [-0.05, 0) is 51.9 Å². The lowest BCUT2D eigenvalue weighted by Crippen LogP contribution is -2.56. The number of aryl methyl sites for hydroxylation is 1. The lowest BCUT2D eigenvalue weighted by molar-refractivity contribution is 0.0773. The minimum Gasteiger partial charge on any atom is -0.337 e. The number of amides is 2. The summed E-state index contributed by atoms with van der Waals surface area (Å²) in [7, 11) is 0.574. The maximum atomic E-state index is 12.2. The van der Waals surface area contributed by atoms with E-state index >= 15 is 0 Å². The van der Waals surface area contributed by atoms with Crippen molar-refractivity contribution in [3.05, 3.63) is 29.8 Å². The summed E-state index contributed by atoms with van der Waals surface area (Å²) in [4.78, 5) is 14.6. The molecule has 2 rings (SSSR count). The number of carbonyl (C=O) groups excluding carboxylic acids is 1. The number of hydrogen-bond acceptors (Lipinski definition) is 4. The first-order valence-electron chi connectivity index (χ1n) is 9.90. The Balaban J connectivity index is 1.75. The maximum Gasteiger partial charge on any atom is 0.314 e. The molecule has 1 fully saturated rings. The van der Waals surface area contributed by atoms with Gasteiger partial charge >= 0.3 is 6.03 Å². The molecule has 0 aromatic heterocycles. The minimum atomic E-state index is -3.56. The highest BCUT2D eigenvalue weighted by Crippen LogP contribution is 2.35. The highest BCUT2D eigenvalue weighted by molar-refractivity contribution is 7.89. The van der Waals surface area contributed by atoms with Crippen LogP contribution in [0, 0.1) is 12.8 Å². The van der Waals surface area contributed by atoms with Gasteiger partial charge < -0.3 is 15.5 Å². The molecular formula is C20H34N4O3S. The zero-order valence-electron chi connectivity index (χ0n) is 17.4. The number of rotatable bonds is 8. The van der Waals surface area contributed by atoms with Gasteiger partial charge in [0.15, 0.2) is 0 Å². The molecule has 0 unspecified atom stereocenters. The number of nitrogens with one attached hydrogen (secondary N) is 3. The number of likely N-dealkylation sites (N-methyl/N-ethyl adjacent to an activating group) is 1. The van der Waals surface area contributed by atoms with E-state index in [-0.39, 0.29) is 29.6 Å². The third kappa shape index (κ3) is 6.18. The van der Waals surface area contributed by atoms with Crippen molar-refractivity contribution >= 4 is 16.1 Å². The van der Waals surface area contributed by atoms with E-state index in [1.807, 2.05) is 6.92 Å². The molecule has 7 nitrogen and oxygen atoms in total. The average molecular weight is 411 g/mol. The zero-order chi connectivity index (χ0) is 20.8. The summed E-state index contributed by atoms with van der Waals surface area (Å²) in [6.07, 6.45) is 4.55. The molecule has 1 aliphatic carbocycles. The molecule has 0 aliphatic heterocycles. The normalized spacial score (nSPS) is 22.8. The van der Waals surface area contributed by atoms with Gasteiger partial charge in [0.1, 0.15) is 0 Å². The first-order valence-corrected chi connectivity index (χ1v) is 11.4. The summed E-state index contributed by atoms with van der Waals surface area (Å²) in [6, 6.07) is 6.39. The van der Waals surface area contributed by atoms with E-state index in [4.69, 9.17) is 0 Å². The van der Waals surface area contributed by atoms with Gasteiger partial charge in [-0.1, -0.05) is 37.5 Å². The Morgan fingerprint density at radius 2 is 1.86 bits per heavy atom. The zero-order valence-corrected chi connectivity index (χ0v) is 18.2. The Hall–Kier alpha value is -1.64. The van der Waals surface area contributed by atoms with Crippen LogP contribution in [-0.4, -0.2) is 58.6 Å². The first kappa shape index (κ1) is 22.6. The van der Waals surface area contributed by atoms with Crippen LogP contribution in [-0.2, 0) is 10.0 Å². The molecule has 1 saturated carbocycles. The van der Waals surface area contributed by atoms with Gasteiger partial charge in [0.25, 0.3) is 0 Å². The van der Waals surface area contributed by atoms with Crippen LogP contribution in [0.15, 0.2) is 29.2 Å². The fraction of sp³-hybridized carbons (Fsp3) is 0.650. The van der Waals surface area contributed by atoms with Crippen molar-refractivity contribution in [1.82, 2.24) is 20.3 Å². The molecule has 2 amide bonds. The van der Waals surface area contributed by atoms with Crippen LogP contribution in [0.2, 0.25) is 0 Å². The number of urea groups is 1. The Kier molecular flexibility index (Phi) is 7.86. The van der Waals surface area contributed by atoms with E-state index in [2.05, 4.69) is 41.3 Å². The lowest BCUT2D eigenvalue weighted by atomic mass is 9.75. The van der Waals surface area contributed by atoms with E-state index < -0.39 is 10.0 Å². The summed E-state index contributed by atoms with van der Waals surface area (Å²) in [5.41, 5.74) is 0.988. The van der Waals surface area contributed by atoms with E-state index in [1.54, 1.807) is 24.3 Å². The van der Waals surface area contributed by atoms with Crippen molar-refractivity contribution in [2.75, 3.05) is 33.7 Å². The number of nitrogens with zero attached hydrogens (tertiary/aromatic N) is 1. The summed E-state index contributed by atoms with van der Waals surface area (Å²) < 4.78 is 27.0. The van der Waals surface area contributed by atoms with Crippen molar-refractivity contribution in [3.63, 3.8) is 0 Å². The topological polar surface area (TPSA) is 90.5 Å². The molecule has 0 heterocycles. The fourth-order valence-electron chi connectivity index (χ4n) is 3.83. The number of carbonyl (C=O) groups is 1. The van der Waals surface area contributed by atoms with Gasteiger partial charge in [-0.15, -0.1) is 0 Å². The van der Waals surface area contributed by atoms with Crippen molar-refractivity contribution in [1.29, 1.82) is 0 Å². The quantitative estimate of drug-likeness (QED) is 0.573. The average Bonchev–Trinajstić information content (AvgIpc) is 2.64. The largest absolute Gasteiger partial charge is 0.337 e. The van der Waals surface area contributed by atoms with Crippen molar-refractivity contribution in [3.8, 4) is 0 Å². The van der Waals surface area contributed by atoms with Crippen molar-refractivity contribution in [2.45, 2.75) is 50.0 Å². The highest BCUT2D eigenvalue weighted by atomic mass is 32.2. The smallest absolute Gasteiger partial charge is 0.314 e. The Morgan fingerprint density at radius 1 is 1.18 bits per heavy atom. The van der Waals surface area contributed by atoms with Gasteiger partial charge in [-0.2, -0.15) is 0 Å². The molecule has 28 heavy (non-hydrogen) atoms. The minimum absolute atomic E-state index is 0.0119. The second-order valence-electron chi connectivity index (χ2n) is 8.14. The van der Waals surface area contributed by atoms with Crippen LogP contribution in [0.5, 0.6) is 0 Å². The fourth-order valence-corrected chi connectivity index (χ4v) is 4.86. The molecule has 3 N–H and O–H groups in total. The number of hydrogen-bond donors (Lipinski definition) is 3. The lowest BCUT2D eigenvalue weighted by Gasteiger charge is -2.45. The molecule has 0 saturated heterocycles. The highest BCUT2D eigenvalue weighted by Gasteiger charge is 2.37. The second kappa shape index (κ2) is 9.71. The second-order valence-corrected chi connectivity index (χ2v) is 9.91. The predicted octanol–water partition coefficient (Wildman–Crippen LogP) is 2.08. The molecule has 158 valence electrons. The van der Waals surface area contributed by atoms with Gasteiger partial charge in [-0.3, -0.25) is 0 Å². The van der Waals surface area contributed by atoms with Gasteiger partial charge in [0.2, 0.25) is 10.0 Å². The van der Waals surface area contributed by atoms with E-state index in [9.17, 15) is 13.2 Å². The number of sulfonamides is 1. The molecular weight excluding hydrogens is 376 g/mol. The molecule has 1 aromatic carbocycles. The van der Waals surface area contributed by atoms with Crippen LogP contribution >= 0.6 is 0 Å². The Labute approximate surface area is 169 Å². The molecule has 1 aliphatic rings. The molecule has 8 heteroatoms. The predicted molar refractivity (Wildman–Crippen MR) is 112 cm³/mol. The molecule has 2 atom stereocenters. The SMILES string of the molecule is Cc1ccc(S(=O)(=O)NCCNC(=O)NC[C@]2(N(C)C)CCC[C@@H](C)C2)cc1. The standard InChI is InChI=1S/C20H34N4O3S/c1-16-7-9-18(10-8-16)28(26,27)23-13-12-21-19(25)22-15-20(24(3)4)11-5-6-17(2)14-20/h7-10,17,23H,5-6,11-15H2,1-4H3,(H2,21,22,25)/t17-,20+/m1/s1. The van der Waals surface area contributed by atoms with Gasteiger partial charge in [-0.25, -0.2) is 17.9 Å². The van der Waals surface area contributed by atoms with E-state index in [0.29, 0.717) is 12.5 Å². The van der Waals surface area contributed by atoms with Crippen LogP contribution in [0.1, 0.15) is 38.2 Å². The van der Waals surface area contributed by atoms with Crippen molar-refractivity contribution in [2.24, 2.45) is 5.92 Å². The Morgan fingerprint density at radius 3 is 2.46 bits per heavy atom. The molecule has 1 aromatic rings. The van der Waals surface area contributed by atoms with Gasteiger partial charge in [0, 0.05) is 25.2 Å². The monoisotopic (exact) mass is 410 g/mol. The molecule has 0 bridgehead atoms. The summed E-state index contributed by atoms with van der Waals surface area (Å²) in [5.74, 6) is 0.650. The molecule has 0 spiro atoms. The Bertz CT molecular complexity index is 749. The van der Waals surface area contributed by atoms with Gasteiger partial charge in [0.05, 0.1) is 4.90 Å². The van der Waals surface area contributed by atoms with Crippen molar-refractivity contribution < 1.29 is 13.2 Å². The third-order valence-corrected chi connectivity index (χ3v) is 7.11. The van der Waals surface area contributed by atoms with E-state index in [1.165, 1.54) is 12.8 Å². The van der Waals surface area contributed by atoms with Crippen LogP contribution in [0.3, 0.4) is 0 Å². The van der Waals surface area contributed by atoms with Crippen LogP contribution in [0.4, 0.5) is 4.79 Å². The summed E-state index contributed by atoms with van der Waals surface area (Å²) >= 11 is 0. The maximum absolute atomic E-state index is 12.2. The van der Waals surface area contributed by atoms with Crippen LogP contribution in [0.25, 0.3) is 0 Å².